The quantitative estimate of drug-likeness (QED) is 0.259. The molecule has 5 atom stereocenters. The van der Waals surface area contributed by atoms with Gasteiger partial charge in [0.15, 0.2) is 11.6 Å². The Bertz CT molecular complexity index is 1280. The number of ether oxygens (including phenoxy) is 2. The van der Waals surface area contributed by atoms with Crippen LogP contribution in [0.4, 0.5) is 0 Å². The van der Waals surface area contributed by atoms with E-state index in [2.05, 4.69) is 0 Å². The molecule has 7 N–H and O–H groups in total. The van der Waals surface area contributed by atoms with Gasteiger partial charge >= 0.3 is 0 Å². The summed E-state index contributed by atoms with van der Waals surface area (Å²) in [5.74, 6) is -3.68. The zero-order valence-electron chi connectivity index (χ0n) is 21.0. The van der Waals surface area contributed by atoms with Crippen molar-refractivity contribution < 1.29 is 49.4 Å². The molecule has 3 aliphatic rings. The molecule has 0 saturated carbocycles. The summed E-state index contributed by atoms with van der Waals surface area (Å²) in [7, 11) is 1.34. The molecule has 1 saturated heterocycles. The standard InChI is InChI=1S/C21H18O8.C6H13NO2/c1-29-13-4-2-3-9-15(13)21(28)17-16(18(9)25)19(26)10-5-8(12(24)7-22)6-11(23)14(10)20(17)27;1-4-6(8)5(7)2-3-9-4/h2-4,8,11,22-23,26-27H,5-7H2,1H3;4-6,8H,2-3,7H2,1H3. The van der Waals surface area contributed by atoms with Gasteiger partial charge in [0, 0.05) is 35.3 Å². The summed E-state index contributed by atoms with van der Waals surface area (Å²) in [5.41, 5.74) is 4.72. The molecule has 204 valence electrons. The fraction of sp³-hybridized carbons (Fsp3) is 0.444. The van der Waals surface area contributed by atoms with E-state index in [1.165, 1.54) is 25.3 Å². The maximum atomic E-state index is 13.1. The summed E-state index contributed by atoms with van der Waals surface area (Å²) >= 11 is 0. The van der Waals surface area contributed by atoms with Crippen LogP contribution < -0.4 is 10.5 Å². The van der Waals surface area contributed by atoms with Crippen molar-refractivity contribution >= 4 is 17.3 Å². The van der Waals surface area contributed by atoms with Gasteiger partial charge in [-0.25, -0.2) is 0 Å². The zero-order chi connectivity index (χ0) is 27.9. The summed E-state index contributed by atoms with van der Waals surface area (Å²) in [4.78, 5) is 38.1. The number of carbonyl (C=O) groups excluding carboxylic acids is 3. The zero-order valence-corrected chi connectivity index (χ0v) is 21.0. The SMILES string of the molecule is CC1OCCC(N)C1O.COc1cccc2c1C(=O)c1c(O)c3c(c(O)c1C2=O)CC(C(=O)CO)CC3O. The molecule has 0 aromatic heterocycles. The van der Waals surface area contributed by atoms with E-state index in [9.17, 15) is 34.8 Å². The topological polar surface area (TPSA) is 197 Å². The number of carbonyl (C=O) groups is 3. The van der Waals surface area contributed by atoms with E-state index >= 15 is 0 Å². The lowest BCUT2D eigenvalue weighted by Crippen LogP contribution is -2.47. The van der Waals surface area contributed by atoms with Crippen LogP contribution in [0.15, 0.2) is 18.2 Å². The third kappa shape index (κ3) is 4.56. The van der Waals surface area contributed by atoms with Crippen LogP contribution in [0.3, 0.4) is 0 Å². The van der Waals surface area contributed by atoms with Crippen molar-refractivity contribution in [2.24, 2.45) is 11.7 Å². The normalized spacial score (nSPS) is 25.9. The second kappa shape index (κ2) is 10.8. The van der Waals surface area contributed by atoms with Crippen LogP contribution in [-0.4, -0.2) is 81.5 Å². The van der Waals surface area contributed by atoms with E-state index in [4.69, 9.17) is 20.3 Å². The molecule has 0 bridgehead atoms. The van der Waals surface area contributed by atoms with E-state index in [0.29, 0.717) is 6.61 Å². The van der Waals surface area contributed by atoms with Crippen LogP contribution >= 0.6 is 0 Å². The first-order chi connectivity index (χ1) is 18.0. The Morgan fingerprint density at radius 1 is 1.11 bits per heavy atom. The molecule has 1 heterocycles. The molecule has 0 amide bonds. The first kappa shape index (κ1) is 27.7. The number of nitrogens with two attached hydrogens (primary N) is 1. The van der Waals surface area contributed by atoms with E-state index < -0.39 is 59.1 Å². The molecule has 38 heavy (non-hydrogen) atoms. The first-order valence-electron chi connectivity index (χ1n) is 12.3. The fourth-order valence-electron chi connectivity index (χ4n) is 5.28. The molecule has 2 aromatic carbocycles. The minimum atomic E-state index is -1.35. The van der Waals surface area contributed by atoms with Crippen LogP contribution in [0, 0.1) is 5.92 Å². The number of phenolic OH excluding ortho intramolecular Hbond substituents is 2. The van der Waals surface area contributed by atoms with E-state index in [0.717, 1.165) is 6.42 Å². The fourth-order valence-corrected chi connectivity index (χ4v) is 5.28. The number of aliphatic hydroxyl groups is 3. The molecule has 5 unspecified atom stereocenters. The molecule has 1 fully saturated rings. The second-order valence-corrected chi connectivity index (χ2v) is 9.68. The molecule has 0 spiro atoms. The number of fused-ring (bicyclic) bond motifs is 3. The van der Waals surface area contributed by atoms with Gasteiger partial charge in [-0.15, -0.1) is 0 Å². The van der Waals surface area contributed by atoms with Gasteiger partial charge in [0.05, 0.1) is 42.1 Å². The molecule has 2 aromatic rings. The third-order valence-electron chi connectivity index (χ3n) is 7.42. The molecule has 1 aliphatic heterocycles. The number of aliphatic hydroxyl groups excluding tert-OH is 3. The van der Waals surface area contributed by atoms with Gasteiger partial charge in [-0.3, -0.25) is 14.4 Å². The number of ketones is 3. The van der Waals surface area contributed by atoms with Crippen molar-refractivity contribution in [3.05, 3.63) is 51.6 Å². The van der Waals surface area contributed by atoms with Gasteiger partial charge < -0.3 is 40.7 Å². The predicted octanol–water partition coefficient (Wildman–Crippen LogP) is 0.522. The number of methoxy groups -OCH3 is 1. The van der Waals surface area contributed by atoms with Crippen LogP contribution in [0.2, 0.25) is 0 Å². The lowest BCUT2D eigenvalue weighted by molar-refractivity contribution is -0.127. The van der Waals surface area contributed by atoms with Crippen LogP contribution in [-0.2, 0) is 16.0 Å². The highest BCUT2D eigenvalue weighted by atomic mass is 16.5. The maximum Gasteiger partial charge on any atom is 0.202 e. The number of phenols is 2. The lowest BCUT2D eigenvalue weighted by Gasteiger charge is -2.32. The van der Waals surface area contributed by atoms with Crippen molar-refractivity contribution in [2.75, 3.05) is 20.3 Å². The van der Waals surface area contributed by atoms with Crippen molar-refractivity contribution in [3.8, 4) is 17.2 Å². The second-order valence-electron chi connectivity index (χ2n) is 9.68. The number of hydrogen-bond acceptors (Lipinski definition) is 11. The number of rotatable bonds is 3. The predicted molar refractivity (Wildman–Crippen MR) is 133 cm³/mol. The maximum absolute atomic E-state index is 13.1. The van der Waals surface area contributed by atoms with Gasteiger partial charge in [-0.05, 0) is 32.3 Å². The summed E-state index contributed by atoms with van der Waals surface area (Å²) in [6, 6.07) is 4.37. The van der Waals surface area contributed by atoms with E-state index in [1.807, 2.05) is 6.92 Å². The van der Waals surface area contributed by atoms with Crippen LogP contribution in [0.5, 0.6) is 17.2 Å². The van der Waals surface area contributed by atoms with Gasteiger partial charge in [0.2, 0.25) is 5.78 Å². The monoisotopic (exact) mass is 529 g/mol. The highest BCUT2D eigenvalue weighted by molar-refractivity contribution is 6.31. The average Bonchev–Trinajstić information content (AvgIpc) is 2.91. The number of benzene rings is 2. The Hall–Kier alpha value is -3.35. The smallest absolute Gasteiger partial charge is 0.202 e. The molecule has 11 nitrogen and oxygen atoms in total. The van der Waals surface area contributed by atoms with Crippen molar-refractivity contribution in [1.82, 2.24) is 0 Å². The minimum absolute atomic E-state index is 0.0239. The molecule has 11 heteroatoms. The summed E-state index contributed by atoms with van der Waals surface area (Å²) < 4.78 is 10.3. The van der Waals surface area contributed by atoms with E-state index in [1.54, 1.807) is 0 Å². The Morgan fingerprint density at radius 2 is 1.79 bits per heavy atom. The highest BCUT2D eigenvalue weighted by Gasteiger charge is 2.43. The molecular formula is C27H31NO10. The van der Waals surface area contributed by atoms with Gasteiger partial charge in [-0.1, -0.05) is 12.1 Å². The first-order valence-corrected chi connectivity index (χ1v) is 12.3. The van der Waals surface area contributed by atoms with E-state index in [-0.39, 0.29) is 58.6 Å². The summed E-state index contributed by atoms with van der Waals surface area (Å²) in [5, 5.41) is 50.5. The largest absolute Gasteiger partial charge is 0.507 e. The molecular weight excluding hydrogens is 498 g/mol. The summed E-state index contributed by atoms with van der Waals surface area (Å²) in [6.45, 7) is 1.79. The van der Waals surface area contributed by atoms with Crippen molar-refractivity contribution in [1.29, 1.82) is 0 Å². The molecule has 0 radical (unpaired) electrons. The Kier molecular flexibility index (Phi) is 7.86. The molecule has 5 rings (SSSR count). The van der Waals surface area contributed by atoms with Crippen LogP contribution in [0.1, 0.15) is 68.8 Å². The van der Waals surface area contributed by atoms with Crippen molar-refractivity contribution in [3.63, 3.8) is 0 Å². The van der Waals surface area contributed by atoms with Crippen molar-refractivity contribution in [2.45, 2.75) is 50.5 Å². The number of hydrogen-bond donors (Lipinski definition) is 6. The average molecular weight is 530 g/mol. The third-order valence-corrected chi connectivity index (χ3v) is 7.42. The van der Waals surface area contributed by atoms with Gasteiger partial charge in [0.25, 0.3) is 0 Å². The Morgan fingerprint density at radius 3 is 2.39 bits per heavy atom. The van der Waals surface area contributed by atoms with Crippen LogP contribution in [0.25, 0.3) is 0 Å². The molecule has 2 aliphatic carbocycles. The minimum Gasteiger partial charge on any atom is -0.507 e. The van der Waals surface area contributed by atoms with Gasteiger partial charge in [-0.2, -0.15) is 0 Å². The van der Waals surface area contributed by atoms with Gasteiger partial charge in [0.1, 0.15) is 23.9 Å². The summed E-state index contributed by atoms with van der Waals surface area (Å²) in [6.07, 6.45) is -1.30. The lowest BCUT2D eigenvalue weighted by atomic mass is 9.74. The highest BCUT2D eigenvalue weighted by Crippen LogP contribution is 2.50. The Balaban J connectivity index is 0.000000317. The Labute approximate surface area is 218 Å². The number of Topliss-reactive ketones (excluding diaryl/α,β-unsaturated/α-hetero) is 1. The number of aromatic hydroxyl groups is 2.